The van der Waals surface area contributed by atoms with Crippen molar-refractivity contribution in [2.24, 2.45) is 0 Å². The molecule has 2 aromatic carbocycles. The smallest absolute Gasteiger partial charge is 0.160 e. The van der Waals surface area contributed by atoms with E-state index in [1.807, 2.05) is 0 Å². The Labute approximate surface area is 127 Å². The third-order valence-corrected chi connectivity index (χ3v) is 3.60. The Morgan fingerprint density at radius 1 is 1.21 bits per heavy atom. The average molecular weight is 360 g/mol. The molecule has 2 nitrogen and oxygen atoms in total. The second-order valence-corrected chi connectivity index (χ2v) is 5.32. The Balaban J connectivity index is 2.43. The highest BCUT2D eigenvalue weighted by atomic mass is 79.9. The van der Waals surface area contributed by atoms with Gasteiger partial charge in [0, 0.05) is 10.2 Å². The molecule has 19 heavy (non-hydrogen) atoms. The number of nitrogens with one attached hydrogen (secondary N) is 1. The van der Waals surface area contributed by atoms with E-state index in [-0.39, 0.29) is 10.0 Å². The number of anilines is 2. The summed E-state index contributed by atoms with van der Waals surface area (Å²) in [5, 5.41) is 11.9. The van der Waals surface area contributed by atoms with Crippen molar-refractivity contribution in [2.45, 2.75) is 0 Å². The van der Waals surface area contributed by atoms with Crippen LogP contribution in [0.25, 0.3) is 0 Å². The van der Waals surface area contributed by atoms with Gasteiger partial charge in [0.25, 0.3) is 0 Å². The molecule has 0 unspecified atom stereocenters. The lowest BCUT2D eigenvalue weighted by atomic mass is 10.2. The van der Waals surface area contributed by atoms with E-state index in [9.17, 15) is 4.39 Å². The van der Waals surface area contributed by atoms with Gasteiger partial charge in [-0.05, 0) is 40.2 Å². The van der Waals surface area contributed by atoms with Crippen LogP contribution in [0.5, 0.6) is 0 Å². The second-order valence-electron chi connectivity index (χ2n) is 3.65. The lowest BCUT2D eigenvalue weighted by Gasteiger charge is -2.10. The maximum Gasteiger partial charge on any atom is 0.160 e. The van der Waals surface area contributed by atoms with Crippen molar-refractivity contribution in [3.8, 4) is 6.07 Å². The van der Waals surface area contributed by atoms with Crippen LogP contribution in [-0.4, -0.2) is 0 Å². The molecule has 0 aliphatic heterocycles. The molecular formula is C13H6BrCl2FN2. The molecule has 2 aromatic rings. The monoisotopic (exact) mass is 358 g/mol. The molecule has 6 heteroatoms. The van der Waals surface area contributed by atoms with Crippen molar-refractivity contribution >= 4 is 50.5 Å². The van der Waals surface area contributed by atoms with E-state index < -0.39 is 5.82 Å². The van der Waals surface area contributed by atoms with E-state index in [4.69, 9.17) is 28.5 Å². The van der Waals surface area contributed by atoms with Crippen LogP contribution in [0.3, 0.4) is 0 Å². The van der Waals surface area contributed by atoms with Crippen molar-refractivity contribution < 1.29 is 4.39 Å². The summed E-state index contributed by atoms with van der Waals surface area (Å²) in [5.41, 5.74) is 1.53. The molecule has 2 rings (SSSR count). The van der Waals surface area contributed by atoms with Gasteiger partial charge in [-0.15, -0.1) is 0 Å². The quantitative estimate of drug-likeness (QED) is 0.717. The average Bonchev–Trinajstić information content (AvgIpc) is 2.36. The molecule has 0 spiro atoms. The highest BCUT2D eigenvalue weighted by Gasteiger charge is 2.10. The van der Waals surface area contributed by atoms with Gasteiger partial charge in [0.05, 0.1) is 21.3 Å². The van der Waals surface area contributed by atoms with E-state index in [1.165, 1.54) is 12.1 Å². The Kier molecular flexibility index (Phi) is 4.31. The Morgan fingerprint density at radius 2 is 1.84 bits per heavy atom. The topological polar surface area (TPSA) is 35.8 Å². The largest absolute Gasteiger partial charge is 0.354 e. The molecule has 0 aliphatic carbocycles. The summed E-state index contributed by atoms with van der Waals surface area (Å²) in [6.07, 6.45) is 0. The number of nitriles is 1. The molecule has 0 heterocycles. The Morgan fingerprint density at radius 3 is 2.42 bits per heavy atom. The zero-order valence-corrected chi connectivity index (χ0v) is 12.4. The van der Waals surface area contributed by atoms with Crippen LogP contribution in [0.1, 0.15) is 5.56 Å². The summed E-state index contributed by atoms with van der Waals surface area (Å²) in [6.45, 7) is 0. The first kappa shape index (κ1) is 14.1. The SMILES string of the molecule is N#Cc1c(Br)cccc1Nc1cc(Cl)c(F)c(Cl)c1. The van der Waals surface area contributed by atoms with E-state index in [1.54, 1.807) is 18.2 Å². The Hall–Kier alpha value is -1.28. The fourth-order valence-corrected chi connectivity index (χ4v) is 2.47. The van der Waals surface area contributed by atoms with Crippen molar-refractivity contribution in [1.82, 2.24) is 0 Å². The molecule has 1 N–H and O–H groups in total. The van der Waals surface area contributed by atoms with Gasteiger partial charge in [0.1, 0.15) is 6.07 Å². The van der Waals surface area contributed by atoms with E-state index >= 15 is 0 Å². The van der Waals surface area contributed by atoms with Crippen LogP contribution in [0.4, 0.5) is 15.8 Å². The lowest BCUT2D eigenvalue weighted by molar-refractivity contribution is 0.629. The zero-order valence-electron chi connectivity index (χ0n) is 9.35. The standard InChI is InChI=1S/C13H6BrCl2FN2/c14-9-2-1-3-12(8(9)6-18)19-7-4-10(15)13(17)11(16)5-7/h1-5,19H. The van der Waals surface area contributed by atoms with Gasteiger partial charge in [-0.1, -0.05) is 29.3 Å². The van der Waals surface area contributed by atoms with Gasteiger partial charge in [-0.3, -0.25) is 0 Å². The number of nitrogens with zero attached hydrogens (tertiary/aromatic N) is 1. The van der Waals surface area contributed by atoms with Gasteiger partial charge < -0.3 is 5.32 Å². The van der Waals surface area contributed by atoms with Gasteiger partial charge >= 0.3 is 0 Å². The van der Waals surface area contributed by atoms with E-state index in [0.29, 0.717) is 21.4 Å². The third-order valence-electron chi connectivity index (χ3n) is 2.39. The maximum absolute atomic E-state index is 13.3. The van der Waals surface area contributed by atoms with E-state index in [2.05, 4.69) is 27.3 Å². The summed E-state index contributed by atoms with van der Waals surface area (Å²) in [6, 6.07) is 10.2. The highest BCUT2D eigenvalue weighted by Crippen LogP contribution is 2.31. The van der Waals surface area contributed by atoms with Crippen molar-refractivity contribution in [1.29, 1.82) is 5.26 Å². The normalized spacial score (nSPS) is 10.1. The Bertz CT molecular complexity index is 660. The molecular weight excluding hydrogens is 354 g/mol. The molecule has 0 radical (unpaired) electrons. The number of benzene rings is 2. The summed E-state index contributed by atoms with van der Waals surface area (Å²) in [5.74, 6) is -0.663. The van der Waals surface area contributed by atoms with Crippen LogP contribution in [-0.2, 0) is 0 Å². The van der Waals surface area contributed by atoms with E-state index in [0.717, 1.165) is 0 Å². The summed E-state index contributed by atoms with van der Waals surface area (Å²) >= 11 is 14.7. The van der Waals surface area contributed by atoms with Crippen molar-refractivity contribution in [3.63, 3.8) is 0 Å². The minimum absolute atomic E-state index is 0.0801. The minimum atomic E-state index is -0.663. The molecule has 0 aromatic heterocycles. The molecule has 96 valence electrons. The summed E-state index contributed by atoms with van der Waals surface area (Å²) < 4.78 is 14.0. The first-order valence-electron chi connectivity index (χ1n) is 5.13. The summed E-state index contributed by atoms with van der Waals surface area (Å²) in [7, 11) is 0. The highest BCUT2D eigenvalue weighted by molar-refractivity contribution is 9.10. The lowest BCUT2D eigenvalue weighted by Crippen LogP contribution is -1.95. The first-order chi connectivity index (χ1) is 9.02. The van der Waals surface area contributed by atoms with Crippen LogP contribution in [0.2, 0.25) is 10.0 Å². The van der Waals surface area contributed by atoms with Gasteiger partial charge in [0.2, 0.25) is 0 Å². The van der Waals surface area contributed by atoms with Crippen LogP contribution in [0.15, 0.2) is 34.8 Å². The number of rotatable bonds is 2. The molecule has 0 atom stereocenters. The molecule has 0 amide bonds. The molecule has 0 bridgehead atoms. The first-order valence-corrected chi connectivity index (χ1v) is 6.68. The van der Waals surface area contributed by atoms with Crippen molar-refractivity contribution in [2.75, 3.05) is 5.32 Å². The number of hydrogen-bond acceptors (Lipinski definition) is 2. The molecule has 0 saturated carbocycles. The third kappa shape index (κ3) is 3.01. The predicted octanol–water partition coefficient (Wildman–Crippen LogP) is 5.51. The number of halogens is 4. The molecule has 0 aliphatic rings. The van der Waals surface area contributed by atoms with Gasteiger partial charge in [-0.2, -0.15) is 5.26 Å². The van der Waals surface area contributed by atoms with Gasteiger partial charge in [-0.25, -0.2) is 4.39 Å². The maximum atomic E-state index is 13.3. The van der Waals surface area contributed by atoms with Crippen molar-refractivity contribution in [3.05, 3.63) is 56.2 Å². The van der Waals surface area contributed by atoms with Crippen LogP contribution in [0, 0.1) is 17.1 Å². The predicted molar refractivity (Wildman–Crippen MR) is 78.6 cm³/mol. The fraction of sp³-hybridized carbons (Fsp3) is 0. The number of hydrogen-bond donors (Lipinski definition) is 1. The molecule has 0 saturated heterocycles. The van der Waals surface area contributed by atoms with Gasteiger partial charge in [0.15, 0.2) is 5.82 Å². The summed E-state index contributed by atoms with van der Waals surface area (Å²) in [4.78, 5) is 0. The second kappa shape index (κ2) is 5.79. The van der Waals surface area contributed by atoms with Crippen LogP contribution < -0.4 is 5.32 Å². The fourth-order valence-electron chi connectivity index (χ4n) is 1.53. The zero-order chi connectivity index (χ0) is 14.0. The van der Waals surface area contributed by atoms with Crippen LogP contribution >= 0.6 is 39.1 Å². The minimum Gasteiger partial charge on any atom is -0.354 e. The molecule has 0 fully saturated rings.